The molecule has 0 amide bonds. The predicted octanol–water partition coefficient (Wildman–Crippen LogP) is 12.7. The Bertz CT molecular complexity index is 1990. The normalized spacial score (nSPS) is 13.0. The molecule has 4 aromatic carbocycles. The smallest absolute Gasteiger partial charge is 0.146 e. The third-order valence-corrected chi connectivity index (χ3v) is 24.4. The first-order valence-electron chi connectivity index (χ1n) is 18.1. The van der Waals surface area contributed by atoms with Gasteiger partial charge in [-0.05, 0) is 38.6 Å². The van der Waals surface area contributed by atoms with E-state index in [-0.39, 0.29) is 0 Å². The second-order valence-electron chi connectivity index (χ2n) is 15.9. The SMILES string of the molecule is CC(C)[Si](C#Cc1c2ccccc2c(C#C[Si](C(C)C)(C(C)C)C(C)C)c2nc3c(nc12)-c1cccc2cccc-3c12)(C(C)C)C(C)C. The first-order valence-corrected chi connectivity index (χ1v) is 22.6. The van der Waals surface area contributed by atoms with Gasteiger partial charge in [0.25, 0.3) is 0 Å². The molecule has 0 N–H and O–H groups in total. The van der Waals surface area contributed by atoms with Crippen LogP contribution in [0.1, 0.15) is 94.2 Å². The molecule has 1 aromatic heterocycles. The van der Waals surface area contributed by atoms with E-state index in [1.165, 1.54) is 10.8 Å². The Kier molecular flexibility index (Phi) is 8.99. The maximum absolute atomic E-state index is 5.59. The zero-order chi connectivity index (χ0) is 34.7. The van der Waals surface area contributed by atoms with Crippen molar-refractivity contribution in [1.82, 2.24) is 9.97 Å². The summed E-state index contributed by atoms with van der Waals surface area (Å²) < 4.78 is 0. The van der Waals surface area contributed by atoms with Gasteiger partial charge >= 0.3 is 0 Å². The number of hydrogen-bond donors (Lipinski definition) is 0. The minimum atomic E-state index is -2.02. The lowest BCUT2D eigenvalue weighted by atomic mass is 9.97. The largest absolute Gasteiger partial charge is 0.242 e. The van der Waals surface area contributed by atoms with E-state index < -0.39 is 16.1 Å². The summed E-state index contributed by atoms with van der Waals surface area (Å²) in [6, 6.07) is 21.8. The topological polar surface area (TPSA) is 25.8 Å². The molecule has 246 valence electrons. The predicted molar refractivity (Wildman–Crippen MR) is 215 cm³/mol. The summed E-state index contributed by atoms with van der Waals surface area (Å²) in [7, 11) is -4.04. The number of benzene rings is 4. The fraction of sp³-hybridized carbons (Fsp3) is 0.409. The van der Waals surface area contributed by atoms with Crippen LogP contribution >= 0.6 is 0 Å². The molecule has 6 rings (SSSR count). The van der Waals surface area contributed by atoms with Crippen molar-refractivity contribution in [2.45, 2.75) is 116 Å². The van der Waals surface area contributed by atoms with E-state index in [0.717, 1.165) is 55.4 Å². The van der Waals surface area contributed by atoms with Crippen molar-refractivity contribution < 1.29 is 0 Å². The Labute approximate surface area is 291 Å². The Hall–Kier alpha value is -3.71. The molecule has 4 heteroatoms. The van der Waals surface area contributed by atoms with E-state index in [4.69, 9.17) is 9.97 Å². The van der Waals surface area contributed by atoms with Gasteiger partial charge in [-0.2, -0.15) is 0 Å². The van der Waals surface area contributed by atoms with E-state index in [0.29, 0.717) is 33.2 Å². The molecular weight excluding hydrogens is 613 g/mol. The summed E-state index contributed by atoms with van der Waals surface area (Å²) in [5, 5.41) is 4.73. The lowest BCUT2D eigenvalue weighted by Gasteiger charge is -2.38. The zero-order valence-electron chi connectivity index (χ0n) is 31.1. The molecule has 0 saturated carbocycles. The van der Waals surface area contributed by atoms with Crippen LogP contribution in [-0.4, -0.2) is 26.1 Å². The molecule has 48 heavy (non-hydrogen) atoms. The van der Waals surface area contributed by atoms with Crippen LogP contribution in [0.3, 0.4) is 0 Å². The Morgan fingerprint density at radius 2 is 0.812 bits per heavy atom. The standard InChI is InChI=1S/C44H52N2Si2/c1-27(2)47(28(3)4,29(5)6)25-23-36-34-19-13-14-20-35(34)37(24-26-48(30(7)8,31(9)10)32(11)12)42-41(36)45-43-38-21-15-17-33-18-16-22-39(40(33)38)44(43)46-42/h13-22,27-32H,1-12H3. The van der Waals surface area contributed by atoms with E-state index in [1.807, 2.05) is 0 Å². The highest BCUT2D eigenvalue weighted by Crippen LogP contribution is 2.47. The molecule has 0 spiro atoms. The molecule has 1 heterocycles. The molecule has 0 aliphatic heterocycles. The van der Waals surface area contributed by atoms with Gasteiger partial charge in [0, 0.05) is 27.3 Å². The molecule has 2 nitrogen and oxygen atoms in total. The highest BCUT2D eigenvalue weighted by atomic mass is 28.3. The molecule has 0 unspecified atom stereocenters. The van der Waals surface area contributed by atoms with Crippen molar-refractivity contribution in [1.29, 1.82) is 0 Å². The van der Waals surface area contributed by atoms with Crippen LogP contribution in [0.25, 0.3) is 55.1 Å². The fourth-order valence-electron chi connectivity index (χ4n) is 9.53. The summed E-state index contributed by atoms with van der Waals surface area (Å²) in [5.74, 6) is 7.75. The molecule has 1 aliphatic rings. The van der Waals surface area contributed by atoms with Crippen LogP contribution < -0.4 is 0 Å². The number of aromatic nitrogens is 2. The van der Waals surface area contributed by atoms with Gasteiger partial charge in [0.1, 0.15) is 27.2 Å². The van der Waals surface area contributed by atoms with Crippen molar-refractivity contribution in [3.05, 3.63) is 71.8 Å². The van der Waals surface area contributed by atoms with Gasteiger partial charge in [-0.1, -0.05) is 156 Å². The van der Waals surface area contributed by atoms with Gasteiger partial charge in [0.05, 0.1) is 22.5 Å². The van der Waals surface area contributed by atoms with Gasteiger partial charge in [-0.3, -0.25) is 0 Å². The highest BCUT2D eigenvalue weighted by molar-refractivity contribution is 6.91. The fourth-order valence-corrected chi connectivity index (χ4v) is 19.9. The highest BCUT2D eigenvalue weighted by Gasteiger charge is 2.43. The summed E-state index contributed by atoms with van der Waals surface area (Å²) in [5.41, 5.74) is 19.4. The van der Waals surface area contributed by atoms with Crippen LogP contribution in [-0.2, 0) is 0 Å². The minimum absolute atomic E-state index is 0.538. The van der Waals surface area contributed by atoms with Crippen LogP contribution in [0.4, 0.5) is 0 Å². The van der Waals surface area contributed by atoms with Crippen molar-refractivity contribution in [2.75, 3.05) is 0 Å². The Morgan fingerprint density at radius 3 is 1.15 bits per heavy atom. The summed E-state index contributed by atoms with van der Waals surface area (Å²) in [6.45, 7) is 28.6. The minimum Gasteiger partial charge on any atom is -0.242 e. The van der Waals surface area contributed by atoms with E-state index >= 15 is 0 Å². The Balaban J connectivity index is 1.79. The van der Waals surface area contributed by atoms with Crippen LogP contribution in [0.15, 0.2) is 60.7 Å². The number of rotatable bonds is 6. The van der Waals surface area contributed by atoms with Gasteiger partial charge < -0.3 is 0 Å². The van der Waals surface area contributed by atoms with Gasteiger partial charge in [0.2, 0.25) is 0 Å². The first-order chi connectivity index (χ1) is 22.8. The van der Waals surface area contributed by atoms with Crippen molar-refractivity contribution in [2.24, 2.45) is 0 Å². The maximum atomic E-state index is 5.59. The number of hydrogen-bond acceptors (Lipinski definition) is 2. The van der Waals surface area contributed by atoms with Crippen molar-refractivity contribution >= 4 is 48.7 Å². The number of fused-ring (bicyclic) bond motifs is 5. The van der Waals surface area contributed by atoms with Crippen molar-refractivity contribution in [3.8, 4) is 45.4 Å². The zero-order valence-corrected chi connectivity index (χ0v) is 33.1. The molecular formula is C44H52N2Si2. The summed E-state index contributed by atoms with van der Waals surface area (Å²) in [6.07, 6.45) is 0. The monoisotopic (exact) mass is 664 g/mol. The van der Waals surface area contributed by atoms with Crippen LogP contribution in [0.2, 0.25) is 33.2 Å². The third-order valence-electron chi connectivity index (χ3n) is 11.8. The summed E-state index contributed by atoms with van der Waals surface area (Å²) in [4.78, 5) is 11.2. The lowest BCUT2D eigenvalue weighted by Crippen LogP contribution is -2.43. The van der Waals surface area contributed by atoms with E-state index in [2.05, 4.69) is 167 Å². The quantitative estimate of drug-likeness (QED) is 0.101. The summed E-state index contributed by atoms with van der Waals surface area (Å²) >= 11 is 0. The van der Waals surface area contributed by atoms with Gasteiger partial charge in [-0.25, -0.2) is 9.97 Å². The second-order valence-corrected chi connectivity index (χ2v) is 27.1. The molecule has 0 atom stereocenters. The lowest BCUT2D eigenvalue weighted by molar-refractivity contribution is 0.838. The average molecular weight is 665 g/mol. The molecule has 1 aliphatic carbocycles. The average Bonchev–Trinajstić information content (AvgIpc) is 3.34. The molecule has 0 fully saturated rings. The maximum Gasteiger partial charge on any atom is 0.146 e. The van der Waals surface area contributed by atoms with Crippen LogP contribution in [0, 0.1) is 22.9 Å². The van der Waals surface area contributed by atoms with Crippen LogP contribution in [0.5, 0.6) is 0 Å². The van der Waals surface area contributed by atoms with Crippen molar-refractivity contribution in [3.63, 3.8) is 0 Å². The number of nitrogens with zero attached hydrogens (tertiary/aromatic N) is 2. The van der Waals surface area contributed by atoms with E-state index in [1.54, 1.807) is 0 Å². The second kappa shape index (κ2) is 12.6. The molecule has 5 aromatic rings. The van der Waals surface area contributed by atoms with Gasteiger partial charge in [0.15, 0.2) is 0 Å². The molecule has 0 saturated heterocycles. The molecule has 0 radical (unpaired) electrons. The molecule has 0 bridgehead atoms. The third kappa shape index (κ3) is 5.07. The first kappa shape index (κ1) is 34.2. The Morgan fingerprint density at radius 1 is 0.458 bits per heavy atom. The van der Waals surface area contributed by atoms with E-state index in [9.17, 15) is 0 Å². The van der Waals surface area contributed by atoms with Gasteiger partial charge in [-0.15, -0.1) is 11.1 Å².